The average molecular weight is 394 g/mol. The van der Waals surface area contributed by atoms with Crippen LogP contribution in [0.15, 0.2) is 5.18 Å². The molecule has 0 aromatic heterocycles. The molecule has 28 heavy (non-hydrogen) atoms. The van der Waals surface area contributed by atoms with Gasteiger partial charge in [0.25, 0.3) is 0 Å². The monoisotopic (exact) mass is 393 g/mol. The summed E-state index contributed by atoms with van der Waals surface area (Å²) in [6, 6.07) is -0.237. The molecule has 0 amide bonds. The molecule has 1 saturated heterocycles. The van der Waals surface area contributed by atoms with Crippen LogP contribution in [0.2, 0.25) is 0 Å². The van der Waals surface area contributed by atoms with E-state index in [0.717, 1.165) is 63.5 Å². The molecule has 3 fully saturated rings. The van der Waals surface area contributed by atoms with Crippen LogP contribution in [0.1, 0.15) is 66.2 Å². The Labute approximate surface area is 172 Å². The first-order chi connectivity index (χ1) is 13.4. The van der Waals surface area contributed by atoms with E-state index in [1.807, 2.05) is 0 Å². The fourth-order valence-corrected chi connectivity index (χ4v) is 6.96. The topological polar surface area (TPSA) is 53.9 Å². The lowest BCUT2D eigenvalue weighted by Crippen LogP contribution is -2.51. The first-order valence-corrected chi connectivity index (χ1v) is 11.7. The summed E-state index contributed by atoms with van der Waals surface area (Å²) in [5, 5.41) is 6.69. The maximum absolute atomic E-state index is 11.3. The van der Waals surface area contributed by atoms with Crippen molar-refractivity contribution in [2.75, 3.05) is 45.9 Å². The summed E-state index contributed by atoms with van der Waals surface area (Å²) in [5.74, 6) is 2.35. The average Bonchev–Trinajstić information content (AvgIpc) is 2.66. The van der Waals surface area contributed by atoms with Gasteiger partial charge in [-0.3, -0.25) is 4.90 Å². The predicted octanol–water partition coefficient (Wildman–Crippen LogP) is 4.31. The molecule has 0 bridgehead atoms. The van der Waals surface area contributed by atoms with Crippen molar-refractivity contribution >= 4 is 0 Å². The lowest BCUT2D eigenvalue weighted by Gasteiger charge is -2.59. The standard InChI is InChI=1S/C23H43N3O2/c1-18-6-7-21-22(2,3)9-5-10-23(21,4)20(18)8-15-28-17-19(25-27)16-26-13-11-24-12-14-26/h18-21,24H,5-17H2,1-4H3. The molecule has 1 aliphatic heterocycles. The van der Waals surface area contributed by atoms with E-state index < -0.39 is 0 Å². The Morgan fingerprint density at radius 2 is 1.93 bits per heavy atom. The minimum absolute atomic E-state index is 0.237. The Balaban J connectivity index is 1.49. The molecular formula is C23H43N3O2. The number of nitroso groups, excluding NO2 is 1. The van der Waals surface area contributed by atoms with Crippen molar-refractivity contribution in [3.8, 4) is 0 Å². The zero-order valence-electron chi connectivity index (χ0n) is 18.7. The Morgan fingerprint density at radius 3 is 2.64 bits per heavy atom. The van der Waals surface area contributed by atoms with Gasteiger partial charge in [0.1, 0.15) is 6.04 Å². The Morgan fingerprint density at radius 1 is 1.18 bits per heavy atom. The number of nitrogens with one attached hydrogen (secondary N) is 1. The third-order valence-electron chi connectivity index (χ3n) is 8.43. The molecule has 1 N–H and O–H groups in total. The first-order valence-electron chi connectivity index (χ1n) is 11.7. The Kier molecular flexibility index (Phi) is 7.54. The minimum atomic E-state index is -0.237. The summed E-state index contributed by atoms with van der Waals surface area (Å²) in [6.45, 7) is 16.0. The molecule has 3 rings (SSSR count). The van der Waals surface area contributed by atoms with E-state index in [1.165, 1.54) is 32.1 Å². The molecular weight excluding hydrogens is 350 g/mol. The minimum Gasteiger partial charge on any atom is -0.379 e. The molecule has 5 heteroatoms. The van der Waals surface area contributed by atoms with Gasteiger partial charge in [0.05, 0.1) is 6.61 Å². The van der Waals surface area contributed by atoms with E-state index in [2.05, 4.69) is 43.1 Å². The van der Waals surface area contributed by atoms with Gasteiger partial charge >= 0.3 is 0 Å². The predicted molar refractivity (Wildman–Crippen MR) is 115 cm³/mol. The SMILES string of the molecule is CC1CCC2C(C)(C)CCCC2(C)C1CCOCC(CN1CCNCC1)N=O. The maximum atomic E-state index is 11.3. The van der Waals surface area contributed by atoms with Crippen LogP contribution >= 0.6 is 0 Å². The van der Waals surface area contributed by atoms with Crippen LogP contribution in [-0.4, -0.2) is 56.9 Å². The van der Waals surface area contributed by atoms with E-state index in [4.69, 9.17) is 4.74 Å². The second-order valence-corrected chi connectivity index (χ2v) is 10.7. The van der Waals surface area contributed by atoms with Crippen molar-refractivity contribution < 1.29 is 4.74 Å². The molecule has 0 aromatic carbocycles. The van der Waals surface area contributed by atoms with E-state index in [1.54, 1.807) is 0 Å². The highest BCUT2D eigenvalue weighted by molar-refractivity contribution is 5.02. The van der Waals surface area contributed by atoms with Crippen molar-refractivity contribution in [1.82, 2.24) is 10.2 Å². The van der Waals surface area contributed by atoms with Crippen molar-refractivity contribution in [2.45, 2.75) is 72.3 Å². The molecule has 2 saturated carbocycles. The van der Waals surface area contributed by atoms with Crippen LogP contribution in [0.25, 0.3) is 0 Å². The molecule has 5 atom stereocenters. The van der Waals surface area contributed by atoms with E-state index in [-0.39, 0.29) is 6.04 Å². The van der Waals surface area contributed by atoms with Gasteiger partial charge in [-0.2, -0.15) is 4.91 Å². The third-order valence-corrected chi connectivity index (χ3v) is 8.43. The van der Waals surface area contributed by atoms with Crippen molar-refractivity contribution in [3.05, 3.63) is 4.91 Å². The third kappa shape index (κ3) is 4.96. The van der Waals surface area contributed by atoms with E-state index in [0.29, 0.717) is 17.4 Å². The van der Waals surface area contributed by atoms with E-state index in [9.17, 15) is 4.91 Å². The summed E-state index contributed by atoms with van der Waals surface area (Å²) in [4.78, 5) is 13.6. The lowest BCUT2D eigenvalue weighted by molar-refractivity contribution is -0.102. The normalized spacial score (nSPS) is 37.2. The Bertz CT molecular complexity index is 506. The fraction of sp³-hybridized carbons (Fsp3) is 1.00. The molecule has 0 radical (unpaired) electrons. The lowest BCUT2D eigenvalue weighted by atomic mass is 9.46. The number of nitrogens with zero attached hydrogens (tertiary/aromatic N) is 2. The highest BCUT2D eigenvalue weighted by atomic mass is 16.5. The van der Waals surface area contributed by atoms with Crippen LogP contribution < -0.4 is 5.32 Å². The molecule has 0 aromatic rings. The van der Waals surface area contributed by atoms with Gasteiger partial charge in [0, 0.05) is 39.3 Å². The van der Waals surface area contributed by atoms with Gasteiger partial charge in [-0.15, -0.1) is 0 Å². The van der Waals surface area contributed by atoms with Crippen LogP contribution in [0.5, 0.6) is 0 Å². The number of hydrogen-bond acceptors (Lipinski definition) is 5. The highest BCUT2D eigenvalue weighted by Gasteiger charge is 2.53. The molecule has 0 spiro atoms. The van der Waals surface area contributed by atoms with Crippen molar-refractivity contribution in [3.63, 3.8) is 0 Å². The number of rotatable bonds is 8. The maximum Gasteiger partial charge on any atom is 0.128 e. The molecule has 5 unspecified atom stereocenters. The molecule has 1 heterocycles. The molecule has 5 nitrogen and oxygen atoms in total. The van der Waals surface area contributed by atoms with Crippen LogP contribution in [0, 0.1) is 33.5 Å². The summed E-state index contributed by atoms with van der Waals surface area (Å²) in [6.07, 6.45) is 8.00. The van der Waals surface area contributed by atoms with Gasteiger partial charge in [-0.1, -0.05) is 45.7 Å². The Hall–Kier alpha value is -0.520. The van der Waals surface area contributed by atoms with Gasteiger partial charge in [-0.25, -0.2) is 0 Å². The fourth-order valence-electron chi connectivity index (χ4n) is 6.96. The molecule has 2 aliphatic carbocycles. The van der Waals surface area contributed by atoms with Crippen molar-refractivity contribution in [1.29, 1.82) is 0 Å². The first kappa shape index (κ1) is 22.2. The van der Waals surface area contributed by atoms with Crippen LogP contribution in [0.3, 0.4) is 0 Å². The summed E-state index contributed by atoms with van der Waals surface area (Å²) < 4.78 is 6.02. The van der Waals surface area contributed by atoms with Crippen molar-refractivity contribution in [2.24, 2.45) is 33.8 Å². The largest absolute Gasteiger partial charge is 0.379 e. The van der Waals surface area contributed by atoms with Gasteiger partial charge in [0.15, 0.2) is 0 Å². The van der Waals surface area contributed by atoms with E-state index >= 15 is 0 Å². The van der Waals surface area contributed by atoms with Gasteiger partial charge in [0.2, 0.25) is 0 Å². The highest BCUT2D eigenvalue weighted by Crippen LogP contribution is 2.61. The molecule has 3 aliphatic rings. The number of ether oxygens (including phenoxy) is 1. The summed E-state index contributed by atoms with van der Waals surface area (Å²) >= 11 is 0. The molecule has 162 valence electrons. The second-order valence-electron chi connectivity index (χ2n) is 10.7. The zero-order valence-corrected chi connectivity index (χ0v) is 18.7. The summed E-state index contributed by atoms with van der Waals surface area (Å²) in [7, 11) is 0. The summed E-state index contributed by atoms with van der Waals surface area (Å²) in [5.41, 5.74) is 0.925. The number of fused-ring (bicyclic) bond motifs is 1. The quantitative estimate of drug-likeness (QED) is 0.493. The zero-order chi connectivity index (χ0) is 20.2. The number of piperazine rings is 1. The van der Waals surface area contributed by atoms with Gasteiger partial charge in [-0.05, 0) is 54.3 Å². The van der Waals surface area contributed by atoms with Crippen LogP contribution in [0.4, 0.5) is 0 Å². The second kappa shape index (κ2) is 9.53. The smallest absolute Gasteiger partial charge is 0.128 e. The van der Waals surface area contributed by atoms with Gasteiger partial charge < -0.3 is 10.1 Å². The number of hydrogen-bond donors (Lipinski definition) is 1. The van der Waals surface area contributed by atoms with Crippen LogP contribution in [-0.2, 0) is 4.74 Å².